The van der Waals surface area contributed by atoms with Crippen LogP contribution in [0.3, 0.4) is 0 Å². The summed E-state index contributed by atoms with van der Waals surface area (Å²) in [5.74, 6) is -0.197. The van der Waals surface area contributed by atoms with Gasteiger partial charge in [-0.05, 0) is 57.1 Å². The average Bonchev–Trinajstić information content (AvgIpc) is 2.74. The number of aryl methyl sites for hydroxylation is 1. The molecular formula is C19H27BO4S. The Bertz CT molecular complexity index is 621. The van der Waals surface area contributed by atoms with Crippen LogP contribution in [0.25, 0.3) is 6.08 Å². The van der Waals surface area contributed by atoms with E-state index in [0.717, 1.165) is 23.0 Å². The van der Waals surface area contributed by atoms with Gasteiger partial charge in [0, 0.05) is 12.2 Å². The van der Waals surface area contributed by atoms with Crippen molar-refractivity contribution in [1.82, 2.24) is 0 Å². The van der Waals surface area contributed by atoms with Gasteiger partial charge in [-0.15, -0.1) is 0 Å². The fourth-order valence-corrected chi connectivity index (χ4v) is 2.86. The zero-order valence-electron chi connectivity index (χ0n) is 15.4. The smallest absolute Gasteiger partial charge is 0.481 e. The molecule has 6 heteroatoms. The van der Waals surface area contributed by atoms with Crippen molar-refractivity contribution in [3.63, 3.8) is 0 Å². The van der Waals surface area contributed by atoms with Gasteiger partial charge in [-0.1, -0.05) is 30.3 Å². The Morgan fingerprint density at radius 1 is 1.16 bits per heavy atom. The molecular weight excluding hydrogens is 335 g/mol. The van der Waals surface area contributed by atoms with Crippen molar-refractivity contribution >= 4 is 31.8 Å². The monoisotopic (exact) mass is 362 g/mol. The van der Waals surface area contributed by atoms with Gasteiger partial charge >= 0.3 is 13.1 Å². The highest BCUT2D eigenvalue weighted by molar-refractivity contribution is 7.80. The van der Waals surface area contributed by atoms with E-state index in [1.165, 1.54) is 0 Å². The molecule has 0 saturated carbocycles. The van der Waals surface area contributed by atoms with E-state index in [9.17, 15) is 4.79 Å². The van der Waals surface area contributed by atoms with Crippen molar-refractivity contribution in [2.24, 2.45) is 0 Å². The van der Waals surface area contributed by atoms with E-state index in [4.69, 9.17) is 14.4 Å². The van der Waals surface area contributed by atoms with Gasteiger partial charge in [0.1, 0.15) is 0 Å². The lowest BCUT2D eigenvalue weighted by Gasteiger charge is -2.32. The zero-order valence-corrected chi connectivity index (χ0v) is 16.3. The van der Waals surface area contributed by atoms with E-state index < -0.39 is 13.1 Å². The fourth-order valence-electron chi connectivity index (χ4n) is 2.62. The Balaban J connectivity index is 2.06. The van der Waals surface area contributed by atoms with Gasteiger partial charge < -0.3 is 14.4 Å². The van der Waals surface area contributed by atoms with Crippen molar-refractivity contribution in [2.75, 3.05) is 5.75 Å². The number of hydrogen-bond acceptors (Lipinski definition) is 4. The highest BCUT2D eigenvalue weighted by atomic mass is 32.1. The Morgan fingerprint density at radius 2 is 1.72 bits per heavy atom. The second kappa shape index (κ2) is 7.98. The molecule has 0 radical (unpaired) electrons. The lowest BCUT2D eigenvalue weighted by atomic mass is 9.78. The van der Waals surface area contributed by atoms with E-state index in [0.29, 0.717) is 12.2 Å². The molecule has 2 rings (SSSR count). The Morgan fingerprint density at radius 3 is 2.20 bits per heavy atom. The third-order valence-corrected chi connectivity index (χ3v) is 5.29. The van der Waals surface area contributed by atoms with E-state index in [1.54, 1.807) is 0 Å². The first-order valence-corrected chi connectivity index (χ1v) is 9.25. The Labute approximate surface area is 156 Å². The van der Waals surface area contributed by atoms with Gasteiger partial charge in [-0.3, -0.25) is 4.79 Å². The second-order valence-corrected chi connectivity index (χ2v) is 7.77. The maximum atomic E-state index is 10.6. The van der Waals surface area contributed by atoms with Crippen LogP contribution in [-0.4, -0.2) is 35.1 Å². The molecule has 0 bridgehead atoms. The highest BCUT2D eigenvalue weighted by Crippen LogP contribution is 2.39. The summed E-state index contributed by atoms with van der Waals surface area (Å²) in [4.78, 5) is 10.6. The molecule has 0 amide bonds. The SMILES string of the molecule is CC1(C)OB(C(=Cc2ccc(CCCC(=O)O)cc2)CS)OC1(C)C. The summed E-state index contributed by atoms with van der Waals surface area (Å²) in [5.41, 5.74) is 2.45. The van der Waals surface area contributed by atoms with Crippen LogP contribution >= 0.6 is 12.6 Å². The number of carbonyl (C=O) groups is 1. The van der Waals surface area contributed by atoms with Crippen molar-refractivity contribution in [1.29, 1.82) is 0 Å². The molecule has 0 spiro atoms. The van der Waals surface area contributed by atoms with Crippen LogP contribution < -0.4 is 0 Å². The third-order valence-electron chi connectivity index (χ3n) is 4.93. The summed E-state index contributed by atoms with van der Waals surface area (Å²) < 4.78 is 12.2. The number of thiol groups is 1. The first-order chi connectivity index (χ1) is 11.6. The normalized spacial score (nSPS) is 19.2. The number of rotatable bonds is 7. The summed E-state index contributed by atoms with van der Waals surface area (Å²) >= 11 is 4.44. The molecule has 4 nitrogen and oxygen atoms in total. The standard InChI is InChI=1S/C19H27BO4S/c1-18(2)19(3,4)24-20(23-18)16(13-25)12-15-10-8-14(9-11-15)6-5-7-17(21)22/h8-12,25H,5-7,13H2,1-4H3,(H,21,22). The molecule has 1 aliphatic rings. The van der Waals surface area contributed by atoms with Crippen molar-refractivity contribution in [2.45, 2.75) is 58.2 Å². The van der Waals surface area contributed by atoms with Crippen LogP contribution in [0.4, 0.5) is 0 Å². The molecule has 1 N–H and O–H groups in total. The summed E-state index contributed by atoms with van der Waals surface area (Å²) in [5, 5.41) is 8.70. The van der Waals surface area contributed by atoms with E-state index >= 15 is 0 Å². The molecule has 1 aromatic rings. The number of aliphatic carboxylic acids is 1. The molecule has 1 aliphatic heterocycles. The van der Waals surface area contributed by atoms with Crippen LogP contribution in [0.1, 0.15) is 51.7 Å². The van der Waals surface area contributed by atoms with Crippen molar-refractivity contribution in [3.05, 3.63) is 40.9 Å². The largest absolute Gasteiger partial charge is 0.491 e. The third kappa shape index (κ3) is 5.12. The van der Waals surface area contributed by atoms with Crippen molar-refractivity contribution in [3.8, 4) is 0 Å². The van der Waals surface area contributed by atoms with E-state index in [2.05, 4.69) is 18.7 Å². The number of carboxylic acids is 1. The van der Waals surface area contributed by atoms with Crippen LogP contribution in [0, 0.1) is 0 Å². The molecule has 1 aromatic carbocycles. The summed E-state index contributed by atoms with van der Waals surface area (Å²) in [7, 11) is -0.391. The predicted octanol–water partition coefficient (Wildman–Crippen LogP) is 4.04. The van der Waals surface area contributed by atoms with Crippen molar-refractivity contribution < 1.29 is 19.2 Å². The van der Waals surface area contributed by atoms with E-state index in [-0.39, 0.29) is 17.6 Å². The molecule has 1 saturated heterocycles. The van der Waals surface area contributed by atoms with Gasteiger partial charge in [-0.25, -0.2) is 0 Å². The molecule has 25 heavy (non-hydrogen) atoms. The maximum Gasteiger partial charge on any atom is 0.491 e. The number of hydrogen-bond donors (Lipinski definition) is 2. The minimum absolute atomic E-state index is 0.202. The van der Waals surface area contributed by atoms with E-state index in [1.807, 2.05) is 52.0 Å². The summed E-state index contributed by atoms with van der Waals surface area (Å²) in [6.45, 7) is 8.15. The predicted molar refractivity (Wildman–Crippen MR) is 105 cm³/mol. The lowest BCUT2D eigenvalue weighted by molar-refractivity contribution is -0.137. The first-order valence-electron chi connectivity index (χ1n) is 8.62. The van der Waals surface area contributed by atoms with Gasteiger partial charge in [0.05, 0.1) is 11.2 Å². The molecule has 136 valence electrons. The maximum absolute atomic E-state index is 10.6. The Hall–Kier alpha value is -1.24. The molecule has 0 unspecified atom stereocenters. The average molecular weight is 362 g/mol. The quantitative estimate of drug-likeness (QED) is 0.568. The van der Waals surface area contributed by atoms with Gasteiger partial charge in [0.25, 0.3) is 0 Å². The fraction of sp³-hybridized carbons (Fsp3) is 0.526. The topological polar surface area (TPSA) is 55.8 Å². The number of carboxylic acid groups (broad SMARTS) is 1. The molecule has 0 aliphatic carbocycles. The van der Waals surface area contributed by atoms with Crippen LogP contribution in [0.5, 0.6) is 0 Å². The van der Waals surface area contributed by atoms with Crippen LogP contribution in [0.2, 0.25) is 0 Å². The van der Waals surface area contributed by atoms with Gasteiger partial charge in [0.2, 0.25) is 0 Å². The minimum atomic E-state index is -0.750. The zero-order chi connectivity index (χ0) is 18.7. The van der Waals surface area contributed by atoms with Gasteiger partial charge in [0.15, 0.2) is 0 Å². The Kier molecular flexibility index (Phi) is 6.41. The highest BCUT2D eigenvalue weighted by Gasteiger charge is 2.52. The van der Waals surface area contributed by atoms with Crippen LogP contribution in [0.15, 0.2) is 29.7 Å². The molecule has 1 fully saturated rings. The lowest BCUT2D eigenvalue weighted by Crippen LogP contribution is -2.41. The second-order valence-electron chi connectivity index (χ2n) is 7.45. The van der Waals surface area contributed by atoms with Gasteiger partial charge in [-0.2, -0.15) is 12.6 Å². The van der Waals surface area contributed by atoms with Crippen LogP contribution in [-0.2, 0) is 20.5 Å². The molecule has 1 heterocycles. The minimum Gasteiger partial charge on any atom is -0.481 e. The molecule has 0 atom stereocenters. The summed E-state index contributed by atoms with van der Waals surface area (Å²) in [6, 6.07) is 8.14. The molecule has 0 aromatic heterocycles. The number of benzene rings is 1. The summed E-state index contributed by atoms with van der Waals surface area (Å²) in [6.07, 6.45) is 3.68. The first kappa shape index (κ1) is 20.1.